The molecule has 3 nitrogen and oxygen atoms in total. The molecule has 1 heterocycles. The van der Waals surface area contributed by atoms with Gasteiger partial charge in [0.25, 0.3) is 0 Å². The minimum Gasteiger partial charge on any atom is -0.343 e. The standard InChI is InChI=1S/C12H15FN2O/c13-12-4-2-1-3-11(12)9-14-5-7-15(10-16)8-6-14/h1-4,10H,5-9H2. The molecule has 0 saturated carbocycles. The Morgan fingerprint density at radius 3 is 2.50 bits per heavy atom. The van der Waals surface area contributed by atoms with Crippen molar-refractivity contribution in [2.75, 3.05) is 26.2 Å². The van der Waals surface area contributed by atoms with E-state index in [4.69, 9.17) is 0 Å². The summed E-state index contributed by atoms with van der Waals surface area (Å²) in [7, 11) is 0. The Morgan fingerprint density at radius 2 is 1.88 bits per heavy atom. The first-order valence-electron chi connectivity index (χ1n) is 5.44. The Balaban J connectivity index is 1.92. The normalized spacial score (nSPS) is 17.4. The zero-order valence-electron chi connectivity index (χ0n) is 9.10. The Hall–Kier alpha value is -1.42. The lowest BCUT2D eigenvalue weighted by Crippen LogP contribution is -2.45. The average molecular weight is 222 g/mol. The zero-order chi connectivity index (χ0) is 11.4. The van der Waals surface area contributed by atoms with Crippen molar-refractivity contribution in [3.8, 4) is 0 Å². The number of piperazine rings is 1. The Morgan fingerprint density at radius 1 is 1.19 bits per heavy atom. The van der Waals surface area contributed by atoms with Gasteiger partial charge in [-0.1, -0.05) is 18.2 Å². The highest BCUT2D eigenvalue weighted by Crippen LogP contribution is 2.11. The SMILES string of the molecule is O=CN1CCN(Cc2ccccc2F)CC1. The quantitative estimate of drug-likeness (QED) is 0.715. The number of benzene rings is 1. The van der Waals surface area contributed by atoms with Crippen molar-refractivity contribution >= 4 is 6.41 Å². The summed E-state index contributed by atoms with van der Waals surface area (Å²) in [5.74, 6) is -0.152. The monoisotopic (exact) mass is 222 g/mol. The fourth-order valence-corrected chi connectivity index (χ4v) is 1.89. The molecule has 1 amide bonds. The maximum Gasteiger partial charge on any atom is 0.209 e. The van der Waals surface area contributed by atoms with Crippen LogP contribution in [0.3, 0.4) is 0 Å². The van der Waals surface area contributed by atoms with Crippen molar-refractivity contribution < 1.29 is 9.18 Å². The molecular formula is C12H15FN2O. The van der Waals surface area contributed by atoms with E-state index in [1.807, 2.05) is 6.07 Å². The summed E-state index contributed by atoms with van der Waals surface area (Å²) >= 11 is 0. The molecule has 2 rings (SSSR count). The van der Waals surface area contributed by atoms with Gasteiger partial charge in [0.15, 0.2) is 0 Å². The molecule has 0 bridgehead atoms. The molecule has 1 aromatic carbocycles. The summed E-state index contributed by atoms with van der Waals surface area (Å²) < 4.78 is 13.4. The summed E-state index contributed by atoms with van der Waals surface area (Å²) in [6, 6.07) is 6.84. The highest BCUT2D eigenvalue weighted by molar-refractivity contribution is 5.47. The van der Waals surface area contributed by atoms with Gasteiger partial charge in [-0.3, -0.25) is 9.69 Å². The van der Waals surface area contributed by atoms with Gasteiger partial charge in [-0.15, -0.1) is 0 Å². The van der Waals surface area contributed by atoms with E-state index >= 15 is 0 Å². The van der Waals surface area contributed by atoms with Crippen molar-refractivity contribution in [1.29, 1.82) is 0 Å². The Kier molecular flexibility index (Phi) is 3.51. The molecule has 1 aliphatic heterocycles. The van der Waals surface area contributed by atoms with Crippen LogP contribution in [0.25, 0.3) is 0 Å². The van der Waals surface area contributed by atoms with Crippen LogP contribution in [0.2, 0.25) is 0 Å². The van der Waals surface area contributed by atoms with E-state index in [0.29, 0.717) is 6.54 Å². The van der Waals surface area contributed by atoms with Crippen LogP contribution in [0.1, 0.15) is 5.56 Å². The second-order valence-electron chi connectivity index (χ2n) is 4.01. The molecule has 86 valence electrons. The van der Waals surface area contributed by atoms with Gasteiger partial charge >= 0.3 is 0 Å². The van der Waals surface area contributed by atoms with Crippen LogP contribution in [0.5, 0.6) is 0 Å². The molecule has 1 saturated heterocycles. The molecule has 0 aliphatic carbocycles. The van der Waals surface area contributed by atoms with Crippen LogP contribution in [-0.4, -0.2) is 42.4 Å². The van der Waals surface area contributed by atoms with Gasteiger partial charge in [-0.25, -0.2) is 4.39 Å². The number of carbonyl (C=O) groups excluding carboxylic acids is 1. The smallest absolute Gasteiger partial charge is 0.209 e. The second-order valence-corrected chi connectivity index (χ2v) is 4.01. The first-order valence-corrected chi connectivity index (χ1v) is 5.44. The largest absolute Gasteiger partial charge is 0.343 e. The van der Waals surface area contributed by atoms with E-state index in [2.05, 4.69) is 4.90 Å². The van der Waals surface area contributed by atoms with Crippen molar-refractivity contribution in [2.45, 2.75) is 6.54 Å². The zero-order valence-corrected chi connectivity index (χ0v) is 9.10. The van der Waals surface area contributed by atoms with Crippen molar-refractivity contribution in [3.05, 3.63) is 35.6 Å². The van der Waals surface area contributed by atoms with E-state index in [9.17, 15) is 9.18 Å². The number of hydrogen-bond donors (Lipinski definition) is 0. The maximum absolute atomic E-state index is 13.4. The highest BCUT2D eigenvalue weighted by atomic mass is 19.1. The third kappa shape index (κ3) is 2.58. The first-order chi connectivity index (χ1) is 7.79. The number of halogens is 1. The third-order valence-electron chi connectivity index (χ3n) is 2.91. The molecule has 1 fully saturated rings. The number of amides is 1. The average Bonchev–Trinajstić information content (AvgIpc) is 2.33. The minimum absolute atomic E-state index is 0.152. The van der Waals surface area contributed by atoms with Crippen LogP contribution in [0.15, 0.2) is 24.3 Å². The molecule has 0 spiro atoms. The molecule has 16 heavy (non-hydrogen) atoms. The highest BCUT2D eigenvalue weighted by Gasteiger charge is 2.16. The van der Waals surface area contributed by atoms with Gasteiger partial charge in [0.2, 0.25) is 6.41 Å². The second kappa shape index (κ2) is 5.07. The molecule has 0 aromatic heterocycles. The Bertz CT molecular complexity index is 362. The number of hydrogen-bond acceptors (Lipinski definition) is 2. The topological polar surface area (TPSA) is 23.6 Å². The third-order valence-corrected chi connectivity index (χ3v) is 2.91. The summed E-state index contributed by atoms with van der Waals surface area (Å²) in [4.78, 5) is 14.4. The summed E-state index contributed by atoms with van der Waals surface area (Å²) in [5.41, 5.74) is 0.724. The number of nitrogens with zero attached hydrogens (tertiary/aromatic N) is 2. The molecule has 1 aromatic rings. The fraction of sp³-hybridized carbons (Fsp3) is 0.417. The molecule has 0 unspecified atom stereocenters. The van der Waals surface area contributed by atoms with Gasteiger partial charge in [0.1, 0.15) is 5.82 Å². The van der Waals surface area contributed by atoms with Crippen molar-refractivity contribution in [3.63, 3.8) is 0 Å². The maximum atomic E-state index is 13.4. The van der Waals surface area contributed by atoms with Crippen LogP contribution < -0.4 is 0 Å². The van der Waals surface area contributed by atoms with E-state index in [-0.39, 0.29) is 5.82 Å². The van der Waals surface area contributed by atoms with Gasteiger partial charge in [-0.2, -0.15) is 0 Å². The summed E-state index contributed by atoms with van der Waals surface area (Å²) in [6.45, 7) is 3.72. The van der Waals surface area contributed by atoms with E-state index < -0.39 is 0 Å². The number of rotatable bonds is 3. The van der Waals surface area contributed by atoms with Gasteiger partial charge in [0, 0.05) is 38.3 Å². The molecule has 0 atom stereocenters. The predicted molar refractivity (Wildman–Crippen MR) is 59.3 cm³/mol. The Labute approximate surface area is 94.5 Å². The van der Waals surface area contributed by atoms with Crippen molar-refractivity contribution in [2.24, 2.45) is 0 Å². The molecule has 0 radical (unpaired) electrons. The van der Waals surface area contributed by atoms with E-state index in [1.165, 1.54) is 6.07 Å². The lowest BCUT2D eigenvalue weighted by molar-refractivity contribution is -0.119. The summed E-state index contributed by atoms with van der Waals surface area (Å²) in [5, 5.41) is 0. The molecule has 0 N–H and O–H groups in total. The van der Waals surface area contributed by atoms with E-state index in [0.717, 1.165) is 38.2 Å². The van der Waals surface area contributed by atoms with Crippen LogP contribution in [0.4, 0.5) is 4.39 Å². The van der Waals surface area contributed by atoms with Gasteiger partial charge < -0.3 is 4.90 Å². The van der Waals surface area contributed by atoms with Gasteiger partial charge in [0.05, 0.1) is 0 Å². The minimum atomic E-state index is -0.152. The molecule has 1 aliphatic rings. The molecule has 4 heteroatoms. The molecular weight excluding hydrogens is 207 g/mol. The van der Waals surface area contributed by atoms with Gasteiger partial charge in [-0.05, 0) is 6.07 Å². The summed E-state index contributed by atoms with van der Waals surface area (Å²) in [6.07, 6.45) is 0.875. The lowest BCUT2D eigenvalue weighted by Gasteiger charge is -2.32. The lowest BCUT2D eigenvalue weighted by atomic mass is 10.2. The first kappa shape index (κ1) is 11.1. The number of carbonyl (C=O) groups is 1. The van der Waals surface area contributed by atoms with Crippen LogP contribution in [0, 0.1) is 5.82 Å². The van der Waals surface area contributed by atoms with Crippen LogP contribution >= 0.6 is 0 Å². The van der Waals surface area contributed by atoms with E-state index in [1.54, 1.807) is 17.0 Å². The van der Waals surface area contributed by atoms with Crippen LogP contribution in [-0.2, 0) is 11.3 Å². The predicted octanol–water partition coefficient (Wildman–Crippen LogP) is 1.10. The fourth-order valence-electron chi connectivity index (χ4n) is 1.89. The van der Waals surface area contributed by atoms with Crippen molar-refractivity contribution in [1.82, 2.24) is 9.80 Å².